The first-order chi connectivity index (χ1) is 9.72. The van der Waals surface area contributed by atoms with Gasteiger partial charge in [0.1, 0.15) is 0 Å². The van der Waals surface area contributed by atoms with Gasteiger partial charge in [-0.3, -0.25) is 15.2 Å². The topological polar surface area (TPSA) is 96.7 Å². The quantitative estimate of drug-likeness (QED) is 0.805. The van der Waals surface area contributed by atoms with Crippen LogP contribution in [0.15, 0.2) is 0 Å². The average Bonchev–Trinajstić information content (AvgIpc) is 2.86. The molecular formula is C13H15N5OS. The summed E-state index contributed by atoms with van der Waals surface area (Å²) in [5, 5.41) is 10.4. The summed E-state index contributed by atoms with van der Waals surface area (Å²) < 4.78 is 0. The summed E-state index contributed by atoms with van der Waals surface area (Å²) in [6, 6.07) is 0. The van der Waals surface area contributed by atoms with Gasteiger partial charge in [0.25, 0.3) is 5.91 Å². The molecule has 2 heterocycles. The maximum atomic E-state index is 12.2. The third-order valence-corrected chi connectivity index (χ3v) is 4.92. The van der Waals surface area contributed by atoms with E-state index in [1.54, 1.807) is 11.3 Å². The minimum atomic E-state index is -0.280. The largest absolute Gasteiger partial charge is 0.395 e. The fourth-order valence-corrected chi connectivity index (χ4v) is 3.67. The van der Waals surface area contributed by atoms with Gasteiger partial charge in [-0.05, 0) is 32.1 Å². The second-order valence-electron chi connectivity index (χ2n) is 5.37. The summed E-state index contributed by atoms with van der Waals surface area (Å²) in [5.41, 5.74) is 8.78. The molecule has 0 spiro atoms. The highest BCUT2D eigenvalue weighted by molar-refractivity contribution is 7.16. The molecule has 6 nitrogen and oxygen atoms in total. The van der Waals surface area contributed by atoms with E-state index in [1.165, 1.54) is 11.3 Å². The predicted molar refractivity (Wildman–Crippen MR) is 77.1 cm³/mol. The summed E-state index contributed by atoms with van der Waals surface area (Å²) >= 11 is 1.55. The number of amides is 1. The molecule has 1 saturated carbocycles. The number of aromatic nitrogens is 3. The summed E-state index contributed by atoms with van der Waals surface area (Å²) in [7, 11) is 0. The second-order valence-corrected chi connectivity index (χ2v) is 6.45. The van der Waals surface area contributed by atoms with Crippen molar-refractivity contribution in [2.75, 3.05) is 11.1 Å². The molecule has 1 fully saturated rings. The van der Waals surface area contributed by atoms with Gasteiger partial charge in [0.05, 0.1) is 17.1 Å². The van der Waals surface area contributed by atoms with E-state index in [4.69, 9.17) is 5.73 Å². The number of anilines is 2. The molecule has 1 amide bonds. The highest BCUT2D eigenvalue weighted by Gasteiger charge is 2.30. The Kier molecular flexibility index (Phi) is 2.56. The molecule has 104 valence electrons. The molecule has 4 rings (SSSR count). The standard InChI is InChI=1S/C13H15N5OS/c14-9-10(6-4-5-6)17-18-11(9)12(19)16-13-15-7-2-1-3-8(7)20-13/h6H,1-5,14H2,(H,17,18)(H,15,16,19). The fourth-order valence-electron chi connectivity index (χ4n) is 2.62. The first-order valence-electron chi connectivity index (χ1n) is 6.86. The summed E-state index contributed by atoms with van der Waals surface area (Å²) in [6.45, 7) is 0. The Morgan fingerprint density at radius 2 is 2.25 bits per heavy atom. The number of nitrogen functional groups attached to an aromatic ring is 1. The Balaban J connectivity index is 1.54. The molecule has 2 aliphatic rings. The van der Waals surface area contributed by atoms with Crippen molar-refractivity contribution < 1.29 is 4.79 Å². The van der Waals surface area contributed by atoms with Crippen LogP contribution in [0.3, 0.4) is 0 Å². The number of carbonyl (C=O) groups excluding carboxylic acids is 1. The molecule has 0 saturated heterocycles. The van der Waals surface area contributed by atoms with Crippen molar-refractivity contribution in [3.8, 4) is 0 Å². The van der Waals surface area contributed by atoms with Crippen molar-refractivity contribution in [1.82, 2.24) is 15.2 Å². The molecule has 2 aromatic rings. The lowest BCUT2D eigenvalue weighted by atomic mass is 10.2. The molecule has 20 heavy (non-hydrogen) atoms. The zero-order valence-corrected chi connectivity index (χ0v) is 11.7. The maximum Gasteiger partial charge on any atom is 0.280 e. The lowest BCUT2D eigenvalue weighted by Gasteiger charge is -2.00. The Bertz CT molecular complexity index is 663. The predicted octanol–water partition coefficient (Wildman–Crippen LogP) is 2.07. The van der Waals surface area contributed by atoms with E-state index >= 15 is 0 Å². The van der Waals surface area contributed by atoms with Gasteiger partial charge in [-0.25, -0.2) is 4.98 Å². The number of nitrogens with zero attached hydrogens (tertiary/aromatic N) is 2. The average molecular weight is 289 g/mol. The van der Waals surface area contributed by atoms with Gasteiger partial charge in [-0.2, -0.15) is 5.10 Å². The van der Waals surface area contributed by atoms with Crippen LogP contribution in [-0.4, -0.2) is 21.1 Å². The first kappa shape index (κ1) is 11.9. The zero-order valence-electron chi connectivity index (χ0n) is 10.9. The molecule has 0 unspecified atom stereocenters. The van der Waals surface area contributed by atoms with Crippen molar-refractivity contribution in [2.24, 2.45) is 0 Å². The van der Waals surface area contributed by atoms with Crippen LogP contribution in [-0.2, 0) is 12.8 Å². The fraction of sp³-hybridized carbons (Fsp3) is 0.462. The van der Waals surface area contributed by atoms with E-state index < -0.39 is 0 Å². The van der Waals surface area contributed by atoms with Crippen molar-refractivity contribution in [2.45, 2.75) is 38.0 Å². The zero-order chi connectivity index (χ0) is 13.7. The number of H-pyrrole nitrogens is 1. The number of hydrogen-bond acceptors (Lipinski definition) is 5. The number of fused-ring (bicyclic) bond motifs is 1. The molecule has 0 aliphatic heterocycles. The molecule has 0 radical (unpaired) electrons. The van der Waals surface area contributed by atoms with Crippen LogP contribution >= 0.6 is 11.3 Å². The SMILES string of the molecule is Nc1c(C(=O)Nc2nc3c(s2)CCC3)n[nH]c1C1CC1. The molecule has 2 aliphatic carbocycles. The first-order valence-corrected chi connectivity index (χ1v) is 7.67. The van der Waals surface area contributed by atoms with Crippen LogP contribution in [0.5, 0.6) is 0 Å². The second kappa shape index (κ2) is 4.31. The van der Waals surface area contributed by atoms with Crippen LogP contribution in [0.2, 0.25) is 0 Å². The van der Waals surface area contributed by atoms with E-state index in [9.17, 15) is 4.79 Å². The lowest BCUT2D eigenvalue weighted by Crippen LogP contribution is -2.14. The van der Waals surface area contributed by atoms with Crippen LogP contribution in [0.25, 0.3) is 0 Å². The highest BCUT2D eigenvalue weighted by atomic mass is 32.1. The highest BCUT2D eigenvalue weighted by Crippen LogP contribution is 2.42. The van der Waals surface area contributed by atoms with Gasteiger partial charge < -0.3 is 5.73 Å². The van der Waals surface area contributed by atoms with Gasteiger partial charge in [-0.1, -0.05) is 0 Å². The van der Waals surface area contributed by atoms with Crippen molar-refractivity contribution >= 4 is 28.1 Å². The van der Waals surface area contributed by atoms with E-state index in [2.05, 4.69) is 20.5 Å². The molecule has 4 N–H and O–H groups in total. The van der Waals surface area contributed by atoms with Gasteiger partial charge in [-0.15, -0.1) is 11.3 Å². The van der Waals surface area contributed by atoms with Crippen molar-refractivity contribution in [3.05, 3.63) is 22.0 Å². The van der Waals surface area contributed by atoms with Gasteiger partial charge in [0, 0.05) is 10.8 Å². The van der Waals surface area contributed by atoms with Crippen LogP contribution in [0, 0.1) is 0 Å². The number of aryl methyl sites for hydroxylation is 2. The number of nitrogens with one attached hydrogen (secondary N) is 2. The molecule has 0 aromatic carbocycles. The number of aromatic amines is 1. The van der Waals surface area contributed by atoms with E-state index in [0.29, 0.717) is 16.7 Å². The molecule has 7 heteroatoms. The number of hydrogen-bond donors (Lipinski definition) is 3. The van der Waals surface area contributed by atoms with Gasteiger partial charge in [0.15, 0.2) is 10.8 Å². The Labute approximate surface area is 119 Å². The minimum absolute atomic E-state index is 0.280. The summed E-state index contributed by atoms with van der Waals surface area (Å²) in [4.78, 5) is 17.9. The number of nitrogens with two attached hydrogens (primary N) is 1. The number of rotatable bonds is 3. The molecular weight excluding hydrogens is 274 g/mol. The summed E-state index contributed by atoms with van der Waals surface area (Å²) in [5.74, 6) is 0.172. The molecule has 2 aromatic heterocycles. The number of thiazole rings is 1. The Morgan fingerprint density at radius 1 is 1.40 bits per heavy atom. The summed E-state index contributed by atoms with van der Waals surface area (Å²) in [6.07, 6.45) is 5.48. The maximum absolute atomic E-state index is 12.2. The number of carbonyl (C=O) groups is 1. The van der Waals surface area contributed by atoms with Crippen molar-refractivity contribution in [3.63, 3.8) is 0 Å². The van der Waals surface area contributed by atoms with Gasteiger partial charge in [0.2, 0.25) is 0 Å². The monoisotopic (exact) mass is 289 g/mol. The van der Waals surface area contributed by atoms with Gasteiger partial charge >= 0.3 is 0 Å². The normalized spacial score (nSPS) is 17.2. The Hall–Kier alpha value is -1.89. The molecule has 0 atom stereocenters. The van der Waals surface area contributed by atoms with E-state index in [0.717, 1.165) is 37.1 Å². The van der Waals surface area contributed by atoms with E-state index in [-0.39, 0.29) is 11.6 Å². The lowest BCUT2D eigenvalue weighted by molar-refractivity contribution is 0.102. The molecule has 0 bridgehead atoms. The third kappa shape index (κ3) is 1.89. The minimum Gasteiger partial charge on any atom is -0.395 e. The van der Waals surface area contributed by atoms with Crippen LogP contribution < -0.4 is 11.1 Å². The third-order valence-electron chi connectivity index (χ3n) is 3.85. The van der Waals surface area contributed by atoms with E-state index in [1.807, 2.05) is 0 Å². The Morgan fingerprint density at radius 3 is 3.00 bits per heavy atom. The van der Waals surface area contributed by atoms with Crippen molar-refractivity contribution in [1.29, 1.82) is 0 Å². The van der Waals surface area contributed by atoms with Crippen LogP contribution in [0.1, 0.15) is 51.9 Å². The smallest absolute Gasteiger partial charge is 0.280 e. The van der Waals surface area contributed by atoms with Crippen LogP contribution in [0.4, 0.5) is 10.8 Å².